The molecule has 13 aromatic rings. The Labute approximate surface area is 432 Å². The van der Waals surface area contributed by atoms with Crippen molar-refractivity contribution >= 4 is 87.8 Å². The van der Waals surface area contributed by atoms with E-state index in [2.05, 4.69) is 133 Å². The lowest BCUT2D eigenvalue weighted by molar-refractivity contribution is 0.325. The summed E-state index contributed by atoms with van der Waals surface area (Å²) in [5.74, 6) is -0.00818. The summed E-state index contributed by atoms with van der Waals surface area (Å²) in [6, 6.07) is 44.4. The van der Waals surface area contributed by atoms with Crippen LogP contribution in [0, 0.1) is 32.6 Å². The summed E-state index contributed by atoms with van der Waals surface area (Å²) in [5.41, 5.74) is 12.8. The van der Waals surface area contributed by atoms with Crippen LogP contribution in [-0.2, 0) is 17.9 Å². The van der Waals surface area contributed by atoms with Gasteiger partial charge in [0.25, 0.3) is 22.2 Å². The van der Waals surface area contributed by atoms with Crippen LogP contribution < -0.4 is 22.2 Å². The number of benzene rings is 9. The maximum Gasteiger partial charge on any atom is 0.266 e. The lowest BCUT2D eigenvalue weighted by Gasteiger charge is -2.59. The van der Waals surface area contributed by atoms with Crippen LogP contribution in [0.15, 0.2) is 170 Å². The number of aromatic nitrogens is 2. The molecule has 76 heavy (non-hydrogen) atoms. The Kier molecular flexibility index (Phi) is 8.69. The Morgan fingerprint density at radius 1 is 0.368 bits per heavy atom. The second kappa shape index (κ2) is 14.8. The van der Waals surface area contributed by atoms with Crippen molar-refractivity contribution < 1.29 is 17.7 Å². The Balaban J connectivity index is 0.953. The average Bonchev–Trinajstić information content (AvgIpc) is 3.80. The molecule has 2 bridgehead atoms. The molecule has 2 unspecified atom stereocenters. The Hall–Kier alpha value is -9.02. The molecular weight excluding hydrogens is 949 g/mol. The van der Waals surface area contributed by atoms with Crippen molar-refractivity contribution in [2.75, 3.05) is 0 Å². The van der Waals surface area contributed by atoms with E-state index >= 15 is 0 Å². The molecule has 0 fully saturated rings. The molecule has 0 aliphatic heterocycles. The standard InChI is InChI=1S/C66H48N2O8/c1-31(2)65-46-19-13-14-20-47(46)66(32(3)4,49-28-57-56(27-48(49)65)73-52-23-42-43(24-53(52)74-57)62(70)67(8)61(42)69)51-30-59-58(29-50(51)65)75-54-25-44-45(26-55(54)76-59)64(72)68(63(44)71)60-34(6)22-41(38-17-11-12-18-39(38)60)40-21-33(5)35(7)36-15-9-10-16-37(36)40/h9-32H,1-8H3. The maximum absolute atomic E-state index is 14.9. The summed E-state index contributed by atoms with van der Waals surface area (Å²) < 4.78 is 29.6. The van der Waals surface area contributed by atoms with Gasteiger partial charge in [0.1, 0.15) is 0 Å². The van der Waals surface area contributed by atoms with Crippen molar-refractivity contribution in [1.29, 1.82) is 0 Å². The second-order valence-electron chi connectivity index (χ2n) is 21.9. The van der Waals surface area contributed by atoms with Crippen LogP contribution in [0.2, 0.25) is 0 Å². The molecule has 16 rings (SSSR count). The van der Waals surface area contributed by atoms with Gasteiger partial charge in [0.2, 0.25) is 0 Å². The minimum atomic E-state index is -0.722. The van der Waals surface area contributed by atoms with E-state index in [4.69, 9.17) is 17.7 Å². The van der Waals surface area contributed by atoms with Gasteiger partial charge in [-0.15, -0.1) is 0 Å². The van der Waals surface area contributed by atoms with E-state index in [-0.39, 0.29) is 44.5 Å². The van der Waals surface area contributed by atoms with Crippen molar-refractivity contribution in [2.45, 2.75) is 59.3 Å². The van der Waals surface area contributed by atoms with Gasteiger partial charge in [0.15, 0.2) is 44.7 Å². The molecule has 0 saturated carbocycles. The van der Waals surface area contributed by atoms with Crippen molar-refractivity contribution in [3.63, 3.8) is 0 Å². The topological polar surface area (TPSA) is 131 Å². The van der Waals surface area contributed by atoms with Gasteiger partial charge in [-0.2, -0.15) is 0 Å². The van der Waals surface area contributed by atoms with E-state index in [1.54, 1.807) is 24.3 Å². The highest BCUT2D eigenvalue weighted by Crippen LogP contribution is 2.67. The highest BCUT2D eigenvalue weighted by molar-refractivity contribution is 6.10. The normalized spacial score (nSPS) is 17.0. The average molecular weight is 997 g/mol. The van der Waals surface area contributed by atoms with Gasteiger partial charge in [-0.25, -0.2) is 4.57 Å². The summed E-state index contributed by atoms with van der Waals surface area (Å²) in [6.07, 6.45) is 0. The number of rotatable bonds is 4. The summed E-state index contributed by atoms with van der Waals surface area (Å²) in [7, 11) is 1.47. The first-order chi connectivity index (χ1) is 36.6. The molecule has 3 aliphatic rings. The third kappa shape index (κ3) is 5.30. The molecule has 0 spiro atoms. The molecule has 3 aliphatic carbocycles. The zero-order valence-electron chi connectivity index (χ0n) is 43.0. The van der Waals surface area contributed by atoms with Gasteiger partial charge < -0.3 is 17.7 Å². The smallest absolute Gasteiger partial charge is 0.266 e. The van der Waals surface area contributed by atoms with Gasteiger partial charge in [0, 0.05) is 23.3 Å². The number of hydrogen-bond donors (Lipinski definition) is 0. The predicted molar refractivity (Wildman–Crippen MR) is 301 cm³/mol. The van der Waals surface area contributed by atoms with Crippen LogP contribution in [0.5, 0.6) is 0 Å². The Morgan fingerprint density at radius 2 is 0.697 bits per heavy atom. The number of aryl methyl sites for hydroxylation is 3. The van der Waals surface area contributed by atoms with Gasteiger partial charge in [-0.1, -0.05) is 107 Å². The lowest BCUT2D eigenvalue weighted by atomic mass is 9.42. The molecular formula is C66H48N2O8. The van der Waals surface area contributed by atoms with Crippen molar-refractivity contribution in [3.05, 3.63) is 225 Å². The second-order valence-corrected chi connectivity index (χ2v) is 21.9. The third-order valence-corrected chi connectivity index (χ3v) is 17.7. The van der Waals surface area contributed by atoms with Gasteiger partial charge in [-0.05, 0) is 165 Å². The zero-order valence-corrected chi connectivity index (χ0v) is 43.0. The van der Waals surface area contributed by atoms with Crippen molar-refractivity contribution in [1.82, 2.24) is 9.13 Å². The molecule has 2 atom stereocenters. The first kappa shape index (κ1) is 44.5. The molecule has 0 saturated heterocycles. The van der Waals surface area contributed by atoms with E-state index in [1.165, 1.54) is 39.3 Å². The van der Waals surface area contributed by atoms with Crippen LogP contribution in [-0.4, -0.2) is 9.13 Å². The molecule has 10 nitrogen and oxygen atoms in total. The molecule has 4 heterocycles. The van der Waals surface area contributed by atoms with E-state index in [1.807, 2.05) is 25.1 Å². The van der Waals surface area contributed by atoms with E-state index in [0.29, 0.717) is 50.4 Å². The monoisotopic (exact) mass is 996 g/mol. The molecule has 0 amide bonds. The molecule has 0 radical (unpaired) electrons. The van der Waals surface area contributed by atoms with Crippen LogP contribution in [0.25, 0.3) is 105 Å². The van der Waals surface area contributed by atoms with E-state index in [9.17, 15) is 19.2 Å². The zero-order chi connectivity index (χ0) is 52.2. The predicted octanol–water partition coefficient (Wildman–Crippen LogP) is 14.1. The Bertz CT molecular complexity index is 4890. The quantitative estimate of drug-likeness (QED) is 0.159. The summed E-state index contributed by atoms with van der Waals surface area (Å²) in [4.78, 5) is 56.0. The van der Waals surface area contributed by atoms with Crippen molar-refractivity contribution in [3.8, 4) is 16.8 Å². The minimum Gasteiger partial charge on any atom is -0.449 e. The fourth-order valence-electron chi connectivity index (χ4n) is 14.2. The van der Waals surface area contributed by atoms with E-state index in [0.717, 1.165) is 59.7 Å². The first-order valence-corrected chi connectivity index (χ1v) is 25.9. The summed E-state index contributed by atoms with van der Waals surface area (Å²) >= 11 is 0. The minimum absolute atomic E-state index is 0.00409. The summed E-state index contributed by atoms with van der Waals surface area (Å²) in [5, 5.41) is 5.10. The van der Waals surface area contributed by atoms with E-state index < -0.39 is 21.9 Å². The van der Waals surface area contributed by atoms with Crippen LogP contribution in [0.1, 0.15) is 77.8 Å². The highest BCUT2D eigenvalue weighted by Gasteiger charge is 2.61. The molecule has 370 valence electrons. The fraction of sp³-hybridized carbons (Fsp3) is 0.182. The van der Waals surface area contributed by atoms with Crippen LogP contribution in [0.4, 0.5) is 0 Å². The highest BCUT2D eigenvalue weighted by atomic mass is 16.4. The van der Waals surface area contributed by atoms with Crippen LogP contribution >= 0.6 is 0 Å². The Morgan fingerprint density at radius 3 is 1.11 bits per heavy atom. The number of nitrogens with zero attached hydrogens (tertiary/aromatic N) is 2. The lowest BCUT2D eigenvalue weighted by Crippen LogP contribution is -2.55. The van der Waals surface area contributed by atoms with Gasteiger partial charge in [0.05, 0.1) is 27.2 Å². The maximum atomic E-state index is 14.9. The third-order valence-electron chi connectivity index (χ3n) is 17.7. The van der Waals surface area contributed by atoms with Crippen LogP contribution in [0.3, 0.4) is 0 Å². The van der Waals surface area contributed by atoms with Crippen molar-refractivity contribution in [2.24, 2.45) is 18.9 Å². The van der Waals surface area contributed by atoms with Gasteiger partial charge >= 0.3 is 0 Å². The number of hydrogen-bond acceptors (Lipinski definition) is 8. The molecule has 4 aromatic heterocycles. The molecule has 0 N–H and O–H groups in total. The summed E-state index contributed by atoms with van der Waals surface area (Å²) in [6.45, 7) is 15.2. The number of fused-ring (bicyclic) bond motifs is 8. The fourth-order valence-corrected chi connectivity index (χ4v) is 14.2. The molecule has 10 heteroatoms. The SMILES string of the molecule is Cc1cc(-c2cc(C)c(-n3c(=O)c4cc5oc6cc7c(cc6oc5cc4c3=O)C3(C(C)C)c4ccccc4C7(C(C)C)c4cc5oc6cc7c(=O)n(C)c(=O)c7cc6oc5cc43)c3ccccc23)c2ccccc2c1C. The first-order valence-electron chi connectivity index (χ1n) is 25.9. The molecule has 9 aromatic carbocycles. The van der Waals surface area contributed by atoms with Gasteiger partial charge in [-0.3, -0.25) is 23.7 Å². The largest absolute Gasteiger partial charge is 0.449 e.